The van der Waals surface area contributed by atoms with Crippen molar-refractivity contribution in [3.8, 4) is 0 Å². The van der Waals surface area contributed by atoms with Gasteiger partial charge in [0.2, 0.25) is 0 Å². The van der Waals surface area contributed by atoms with Crippen LogP contribution in [0.3, 0.4) is 0 Å². The molecule has 0 radical (unpaired) electrons. The number of nitrogens with one attached hydrogen (secondary N) is 1. The highest BCUT2D eigenvalue weighted by molar-refractivity contribution is 9.10. The monoisotopic (exact) mass is 320 g/mol. The number of nitrogens with zero attached hydrogens (tertiary/aromatic N) is 2. The molecule has 0 saturated carbocycles. The second kappa shape index (κ2) is 5.36. The molecule has 0 fully saturated rings. The zero-order valence-electron chi connectivity index (χ0n) is 10.6. The highest BCUT2D eigenvalue weighted by Gasteiger charge is 2.12. The zero-order valence-corrected chi connectivity index (χ0v) is 12.2. The summed E-state index contributed by atoms with van der Waals surface area (Å²) in [7, 11) is 0. The van der Waals surface area contributed by atoms with Crippen LogP contribution in [0.2, 0.25) is 0 Å². The summed E-state index contributed by atoms with van der Waals surface area (Å²) in [6.45, 7) is 3.54. The predicted octanol–water partition coefficient (Wildman–Crippen LogP) is 2.69. The Morgan fingerprint density at radius 3 is 2.68 bits per heavy atom. The number of nitrogen functional groups attached to an aromatic ring is 1. The molecular formula is C13H13BrN4O. The van der Waals surface area contributed by atoms with Gasteiger partial charge in [0.15, 0.2) is 0 Å². The average Bonchev–Trinajstić information content (AvgIpc) is 2.35. The van der Waals surface area contributed by atoms with E-state index in [-0.39, 0.29) is 5.91 Å². The summed E-state index contributed by atoms with van der Waals surface area (Å²) in [5.41, 5.74) is 8.74. The van der Waals surface area contributed by atoms with Crippen molar-refractivity contribution in [2.75, 3.05) is 11.1 Å². The molecule has 6 heteroatoms. The highest BCUT2D eigenvalue weighted by atomic mass is 79.9. The van der Waals surface area contributed by atoms with Gasteiger partial charge in [0, 0.05) is 10.2 Å². The van der Waals surface area contributed by atoms with E-state index in [4.69, 9.17) is 5.73 Å². The fourth-order valence-electron chi connectivity index (χ4n) is 1.60. The molecule has 0 aliphatic heterocycles. The van der Waals surface area contributed by atoms with Crippen LogP contribution in [-0.4, -0.2) is 16.1 Å². The maximum absolute atomic E-state index is 12.2. The molecule has 1 heterocycles. The standard InChI is InChI=1S/C13H13BrN4O/c1-7-5-10(8(2)18-17-7)13(19)16-12-4-3-9(15)6-11(12)14/h3-6H,15H2,1-2H3,(H,16,19). The molecule has 0 bridgehead atoms. The van der Waals surface area contributed by atoms with Gasteiger partial charge in [0.1, 0.15) is 0 Å². The normalized spacial score (nSPS) is 10.3. The number of aryl methyl sites for hydroxylation is 2. The SMILES string of the molecule is Cc1cc(C(=O)Nc2ccc(N)cc2Br)c(C)nn1. The molecule has 1 aromatic heterocycles. The quantitative estimate of drug-likeness (QED) is 0.833. The number of hydrogen-bond donors (Lipinski definition) is 2. The molecule has 0 aliphatic rings. The predicted molar refractivity (Wildman–Crippen MR) is 78.0 cm³/mol. The molecule has 0 aliphatic carbocycles. The number of halogens is 1. The molecule has 3 N–H and O–H groups in total. The first-order valence-corrected chi connectivity index (χ1v) is 6.44. The van der Waals surface area contributed by atoms with E-state index in [9.17, 15) is 4.79 Å². The molecule has 0 spiro atoms. The van der Waals surface area contributed by atoms with Crippen molar-refractivity contribution in [2.24, 2.45) is 0 Å². The molecule has 2 rings (SSSR count). The fourth-order valence-corrected chi connectivity index (χ4v) is 2.10. The lowest BCUT2D eigenvalue weighted by Crippen LogP contribution is -2.15. The van der Waals surface area contributed by atoms with Crippen LogP contribution in [0.1, 0.15) is 21.7 Å². The van der Waals surface area contributed by atoms with Crippen molar-refractivity contribution < 1.29 is 4.79 Å². The third kappa shape index (κ3) is 3.08. The Bertz CT molecular complexity index is 643. The summed E-state index contributed by atoms with van der Waals surface area (Å²) >= 11 is 3.36. The van der Waals surface area contributed by atoms with E-state index in [1.165, 1.54) is 0 Å². The van der Waals surface area contributed by atoms with E-state index in [0.717, 1.165) is 4.47 Å². The molecule has 1 amide bonds. The van der Waals surface area contributed by atoms with Crippen LogP contribution in [-0.2, 0) is 0 Å². The molecule has 19 heavy (non-hydrogen) atoms. The van der Waals surface area contributed by atoms with E-state index in [1.54, 1.807) is 38.1 Å². The number of rotatable bonds is 2. The van der Waals surface area contributed by atoms with Gasteiger partial charge in [-0.05, 0) is 54.0 Å². The second-order valence-electron chi connectivity index (χ2n) is 4.18. The number of benzene rings is 1. The van der Waals surface area contributed by atoms with Crippen LogP contribution in [0.15, 0.2) is 28.7 Å². The lowest BCUT2D eigenvalue weighted by molar-refractivity contribution is 0.102. The topological polar surface area (TPSA) is 80.9 Å². The summed E-state index contributed by atoms with van der Waals surface area (Å²) in [6.07, 6.45) is 0. The van der Waals surface area contributed by atoms with Crippen molar-refractivity contribution in [1.29, 1.82) is 0 Å². The molecule has 0 saturated heterocycles. The number of nitrogens with two attached hydrogens (primary N) is 1. The Balaban J connectivity index is 2.28. The first-order valence-electron chi connectivity index (χ1n) is 5.64. The van der Waals surface area contributed by atoms with E-state index in [1.807, 2.05) is 0 Å². The van der Waals surface area contributed by atoms with Crippen LogP contribution in [0.25, 0.3) is 0 Å². The van der Waals surface area contributed by atoms with Gasteiger partial charge < -0.3 is 11.1 Å². The lowest BCUT2D eigenvalue weighted by atomic mass is 10.2. The van der Waals surface area contributed by atoms with Crippen LogP contribution in [0.5, 0.6) is 0 Å². The Labute approximate surface area is 119 Å². The maximum atomic E-state index is 12.2. The largest absolute Gasteiger partial charge is 0.399 e. The number of amides is 1. The number of aromatic nitrogens is 2. The molecule has 0 atom stereocenters. The van der Waals surface area contributed by atoms with Gasteiger partial charge in [0.05, 0.1) is 22.6 Å². The van der Waals surface area contributed by atoms with Crippen LogP contribution >= 0.6 is 15.9 Å². The fraction of sp³-hybridized carbons (Fsp3) is 0.154. The third-order valence-corrected chi connectivity index (χ3v) is 3.24. The number of carbonyl (C=O) groups is 1. The van der Waals surface area contributed by atoms with Crippen molar-refractivity contribution in [1.82, 2.24) is 10.2 Å². The summed E-state index contributed by atoms with van der Waals surface area (Å²) in [5.74, 6) is -0.221. The second-order valence-corrected chi connectivity index (χ2v) is 5.03. The van der Waals surface area contributed by atoms with Crippen molar-refractivity contribution >= 4 is 33.2 Å². The first-order chi connectivity index (χ1) is 8.97. The number of hydrogen-bond acceptors (Lipinski definition) is 4. The van der Waals surface area contributed by atoms with Gasteiger partial charge in [-0.3, -0.25) is 4.79 Å². The van der Waals surface area contributed by atoms with Crippen LogP contribution in [0.4, 0.5) is 11.4 Å². The Hall–Kier alpha value is -1.95. The minimum Gasteiger partial charge on any atom is -0.399 e. The van der Waals surface area contributed by atoms with Gasteiger partial charge in [-0.2, -0.15) is 10.2 Å². The smallest absolute Gasteiger partial charge is 0.257 e. The van der Waals surface area contributed by atoms with Gasteiger partial charge in [-0.15, -0.1) is 0 Å². The Morgan fingerprint density at radius 2 is 2.00 bits per heavy atom. The minimum atomic E-state index is -0.221. The summed E-state index contributed by atoms with van der Waals surface area (Å²) in [5, 5.41) is 10.7. The summed E-state index contributed by atoms with van der Waals surface area (Å²) in [4.78, 5) is 12.2. The van der Waals surface area contributed by atoms with Gasteiger partial charge in [-0.1, -0.05) is 0 Å². The maximum Gasteiger partial charge on any atom is 0.257 e. The third-order valence-electron chi connectivity index (χ3n) is 2.59. The van der Waals surface area contributed by atoms with Crippen LogP contribution < -0.4 is 11.1 Å². The van der Waals surface area contributed by atoms with E-state index in [0.29, 0.717) is 28.3 Å². The van der Waals surface area contributed by atoms with Crippen molar-refractivity contribution in [2.45, 2.75) is 13.8 Å². The zero-order chi connectivity index (χ0) is 14.0. The van der Waals surface area contributed by atoms with Crippen molar-refractivity contribution in [3.63, 3.8) is 0 Å². The Kier molecular flexibility index (Phi) is 3.80. The van der Waals surface area contributed by atoms with E-state index in [2.05, 4.69) is 31.4 Å². The van der Waals surface area contributed by atoms with Crippen molar-refractivity contribution in [3.05, 3.63) is 45.7 Å². The highest BCUT2D eigenvalue weighted by Crippen LogP contribution is 2.25. The van der Waals surface area contributed by atoms with E-state index < -0.39 is 0 Å². The summed E-state index contributed by atoms with van der Waals surface area (Å²) in [6, 6.07) is 6.92. The molecule has 98 valence electrons. The first kappa shape index (κ1) is 13.5. The van der Waals surface area contributed by atoms with Crippen LogP contribution in [0, 0.1) is 13.8 Å². The molecular weight excluding hydrogens is 308 g/mol. The van der Waals surface area contributed by atoms with Gasteiger partial charge in [0.25, 0.3) is 5.91 Å². The molecule has 2 aromatic rings. The number of carbonyl (C=O) groups excluding carboxylic acids is 1. The van der Waals surface area contributed by atoms with Gasteiger partial charge >= 0.3 is 0 Å². The summed E-state index contributed by atoms with van der Waals surface area (Å²) < 4.78 is 0.734. The molecule has 0 unspecified atom stereocenters. The Morgan fingerprint density at radius 1 is 1.26 bits per heavy atom. The van der Waals surface area contributed by atoms with E-state index >= 15 is 0 Å². The lowest BCUT2D eigenvalue weighted by Gasteiger charge is -2.09. The molecule has 1 aromatic carbocycles. The average molecular weight is 321 g/mol. The number of anilines is 2. The molecule has 5 nitrogen and oxygen atoms in total. The van der Waals surface area contributed by atoms with Gasteiger partial charge in [-0.25, -0.2) is 0 Å². The minimum absolute atomic E-state index is 0.221.